The number of aromatic nitrogens is 1. The Balaban J connectivity index is 0.00000181. The Morgan fingerprint density at radius 1 is 1.16 bits per heavy atom. The number of nitrogens with zero attached hydrogens (tertiary/aromatic N) is 1. The summed E-state index contributed by atoms with van der Waals surface area (Å²) < 4.78 is 0. The molecule has 1 aliphatic rings. The van der Waals surface area contributed by atoms with Crippen LogP contribution in [0.25, 0.3) is 10.9 Å². The number of hydrogen-bond donors (Lipinski definition) is 3. The summed E-state index contributed by atoms with van der Waals surface area (Å²) in [5.74, 6) is -2.17. The summed E-state index contributed by atoms with van der Waals surface area (Å²) in [6.07, 6.45) is 0.311. The van der Waals surface area contributed by atoms with Gasteiger partial charge in [0.15, 0.2) is 0 Å². The number of carboxylic acid groups (broad SMARTS) is 1. The predicted molar refractivity (Wildman–Crippen MR) is 114 cm³/mol. The number of nitrogens with one attached hydrogen (secondary N) is 2. The van der Waals surface area contributed by atoms with E-state index in [9.17, 15) is 14.4 Å². The first-order valence-electron chi connectivity index (χ1n) is 9.55. The topological polar surface area (TPSA) is 102 Å². The van der Waals surface area contributed by atoms with Crippen molar-refractivity contribution >= 4 is 40.3 Å². The monoisotopic (exact) mass is 449 g/mol. The number of H-pyrrole nitrogens is 1. The van der Waals surface area contributed by atoms with Crippen LogP contribution in [0.4, 0.5) is 0 Å². The van der Waals surface area contributed by atoms with E-state index < -0.39 is 23.8 Å². The van der Waals surface area contributed by atoms with Gasteiger partial charge in [0.2, 0.25) is 5.91 Å². The molecule has 1 unspecified atom stereocenters. The summed E-state index contributed by atoms with van der Waals surface area (Å²) in [4.78, 5) is 41.4. The number of rotatable bonds is 6. The third-order valence-electron chi connectivity index (χ3n) is 5.26. The van der Waals surface area contributed by atoms with Crippen molar-refractivity contribution in [3.05, 3.63) is 70.9 Å². The second-order valence-corrected chi connectivity index (χ2v) is 7.85. The molecule has 0 bridgehead atoms. The molecule has 0 radical (unpaired) electrons. The number of aliphatic carboxylic acids is 1. The third kappa shape index (κ3) is 5.30. The van der Waals surface area contributed by atoms with Gasteiger partial charge in [-0.25, -0.2) is 0 Å². The Labute approximate surface area is 207 Å². The summed E-state index contributed by atoms with van der Waals surface area (Å²) >= 11 is 6.01. The molecule has 9 heteroatoms. The van der Waals surface area contributed by atoms with Crippen molar-refractivity contribution in [1.29, 1.82) is 0 Å². The van der Waals surface area contributed by atoms with Crippen molar-refractivity contribution in [3.63, 3.8) is 0 Å². The van der Waals surface area contributed by atoms with E-state index in [1.54, 1.807) is 24.3 Å². The van der Waals surface area contributed by atoms with E-state index in [1.807, 2.05) is 30.3 Å². The molecule has 1 aliphatic heterocycles. The number of amides is 2. The predicted octanol–water partition coefficient (Wildman–Crippen LogP) is -0.178. The zero-order valence-corrected chi connectivity index (χ0v) is 19.7. The number of carbonyl (C=O) groups excluding carboxylic acids is 2. The van der Waals surface area contributed by atoms with Gasteiger partial charge in [-0.1, -0.05) is 41.9 Å². The Morgan fingerprint density at radius 2 is 1.87 bits per heavy atom. The Hall–Kier alpha value is -2.32. The average molecular weight is 450 g/mol. The number of carbonyl (C=O) groups is 3. The van der Waals surface area contributed by atoms with Crippen molar-refractivity contribution in [2.75, 3.05) is 13.1 Å². The van der Waals surface area contributed by atoms with Gasteiger partial charge in [-0.05, 0) is 29.8 Å². The van der Waals surface area contributed by atoms with Crippen molar-refractivity contribution in [3.8, 4) is 0 Å². The maximum Gasteiger partial charge on any atom is 1.00 e. The minimum Gasteiger partial charge on any atom is -1.00 e. The van der Waals surface area contributed by atoms with Gasteiger partial charge < -0.3 is 21.7 Å². The Morgan fingerprint density at radius 3 is 2.55 bits per heavy atom. The van der Waals surface area contributed by atoms with E-state index in [4.69, 9.17) is 16.7 Å². The molecule has 0 spiro atoms. The van der Waals surface area contributed by atoms with Gasteiger partial charge in [-0.2, -0.15) is 0 Å². The van der Waals surface area contributed by atoms with Crippen LogP contribution in [0.5, 0.6) is 0 Å². The summed E-state index contributed by atoms with van der Waals surface area (Å²) in [6, 6.07) is 15.5. The zero-order chi connectivity index (χ0) is 21.3. The van der Waals surface area contributed by atoms with Gasteiger partial charge in [0.1, 0.15) is 11.7 Å². The molecular formula is C22H21ClN3NaO4. The Kier molecular flexibility index (Phi) is 7.43. The number of likely N-dealkylation sites (tertiary alicyclic amines) is 1. The molecule has 1 saturated heterocycles. The van der Waals surface area contributed by atoms with Crippen LogP contribution in [0, 0.1) is 5.92 Å². The van der Waals surface area contributed by atoms with E-state index in [1.165, 1.54) is 4.90 Å². The van der Waals surface area contributed by atoms with Crippen molar-refractivity contribution < 1.29 is 50.5 Å². The second kappa shape index (κ2) is 9.87. The fourth-order valence-electron chi connectivity index (χ4n) is 3.55. The summed E-state index contributed by atoms with van der Waals surface area (Å²) in [7, 11) is 0. The number of fused-ring (bicyclic) bond motifs is 1. The van der Waals surface area contributed by atoms with Gasteiger partial charge in [-0.15, -0.1) is 0 Å². The molecule has 0 saturated carbocycles. The molecule has 1 fully saturated rings. The minimum absolute atomic E-state index is 0. The first kappa shape index (κ1) is 23.3. The van der Waals surface area contributed by atoms with E-state index in [2.05, 4.69) is 10.3 Å². The Bertz CT molecular complexity index is 1120. The maximum atomic E-state index is 13.0. The number of aromatic amines is 1. The number of halogens is 1. The van der Waals surface area contributed by atoms with Gasteiger partial charge in [0, 0.05) is 35.4 Å². The first-order valence-corrected chi connectivity index (χ1v) is 9.93. The fourth-order valence-corrected chi connectivity index (χ4v) is 3.73. The van der Waals surface area contributed by atoms with E-state index in [-0.39, 0.29) is 50.0 Å². The SMILES string of the molecule is O=C(NC(Cc1ccccc1)C(=O)N1CC(C(=O)O)C1)c1cc2cc(Cl)ccc2[nH]1.[H-].[Na+]. The van der Waals surface area contributed by atoms with Crippen LogP contribution >= 0.6 is 11.6 Å². The van der Waals surface area contributed by atoms with Crippen molar-refractivity contribution in [2.24, 2.45) is 5.92 Å². The van der Waals surface area contributed by atoms with Crippen LogP contribution in [0.15, 0.2) is 54.6 Å². The van der Waals surface area contributed by atoms with E-state index >= 15 is 0 Å². The molecule has 2 heterocycles. The van der Waals surface area contributed by atoms with Crippen LogP contribution in [-0.2, 0) is 16.0 Å². The number of benzene rings is 2. The molecule has 0 aliphatic carbocycles. The first-order chi connectivity index (χ1) is 14.4. The standard InChI is InChI=1S/C22H20ClN3O4.Na.H/c23-16-6-7-17-14(9-16)10-18(24-17)20(27)25-19(8-13-4-2-1-3-5-13)21(28)26-11-15(12-26)22(29)30;;/h1-7,9-10,15,19,24H,8,11-12H2,(H,25,27)(H,29,30);;/q;+1;-1. The van der Waals surface area contributed by atoms with E-state index in [0.29, 0.717) is 17.1 Å². The average Bonchev–Trinajstić information content (AvgIpc) is 3.10. The largest absolute Gasteiger partial charge is 1.00 e. The van der Waals surface area contributed by atoms with Gasteiger partial charge >= 0.3 is 35.5 Å². The smallest absolute Gasteiger partial charge is 1.00 e. The fraction of sp³-hybridized carbons (Fsp3) is 0.227. The number of hydrogen-bond acceptors (Lipinski definition) is 3. The van der Waals surface area contributed by atoms with Crippen LogP contribution < -0.4 is 34.9 Å². The molecule has 7 nitrogen and oxygen atoms in total. The maximum absolute atomic E-state index is 13.0. The molecule has 4 rings (SSSR count). The zero-order valence-electron chi connectivity index (χ0n) is 18.0. The molecule has 31 heavy (non-hydrogen) atoms. The van der Waals surface area contributed by atoms with Gasteiger partial charge in [-0.3, -0.25) is 14.4 Å². The quantitative estimate of drug-likeness (QED) is 0.454. The van der Waals surface area contributed by atoms with Crippen molar-refractivity contribution in [1.82, 2.24) is 15.2 Å². The summed E-state index contributed by atoms with van der Waals surface area (Å²) in [5.41, 5.74) is 1.99. The molecule has 156 valence electrons. The molecule has 1 atom stereocenters. The minimum atomic E-state index is -0.917. The molecule has 2 amide bonds. The molecule has 3 N–H and O–H groups in total. The van der Waals surface area contributed by atoms with Crippen LogP contribution in [0.3, 0.4) is 0 Å². The summed E-state index contributed by atoms with van der Waals surface area (Å²) in [6.45, 7) is 0.306. The van der Waals surface area contributed by atoms with E-state index in [0.717, 1.165) is 16.5 Å². The van der Waals surface area contributed by atoms with Crippen molar-refractivity contribution in [2.45, 2.75) is 12.5 Å². The molecule has 3 aromatic rings. The molecule has 2 aromatic carbocycles. The van der Waals surface area contributed by atoms with Gasteiger partial charge in [0.25, 0.3) is 5.91 Å². The van der Waals surface area contributed by atoms with Crippen LogP contribution in [0.1, 0.15) is 17.5 Å². The second-order valence-electron chi connectivity index (χ2n) is 7.41. The van der Waals surface area contributed by atoms with Crippen LogP contribution in [0.2, 0.25) is 5.02 Å². The van der Waals surface area contributed by atoms with Gasteiger partial charge in [0.05, 0.1) is 5.92 Å². The third-order valence-corrected chi connectivity index (χ3v) is 5.49. The molecule has 1 aromatic heterocycles. The number of carboxylic acids is 1. The van der Waals surface area contributed by atoms with Crippen LogP contribution in [-0.4, -0.2) is 51.9 Å². The molecular weight excluding hydrogens is 429 g/mol. The normalized spacial score (nSPS) is 14.4. The summed E-state index contributed by atoms with van der Waals surface area (Å²) in [5, 5.41) is 13.2.